The van der Waals surface area contributed by atoms with Crippen LogP contribution in [0, 0.1) is 5.92 Å². The summed E-state index contributed by atoms with van der Waals surface area (Å²) < 4.78 is 24.3. The lowest BCUT2D eigenvalue weighted by Gasteiger charge is -2.31. The van der Waals surface area contributed by atoms with Crippen LogP contribution < -0.4 is 11.1 Å². The highest BCUT2D eigenvalue weighted by Crippen LogP contribution is 2.28. The molecule has 6 heteroatoms. The van der Waals surface area contributed by atoms with Crippen molar-refractivity contribution in [1.29, 1.82) is 0 Å². The third-order valence-corrected chi connectivity index (χ3v) is 5.60. The van der Waals surface area contributed by atoms with E-state index in [9.17, 15) is 13.2 Å². The number of hydrogen-bond donors (Lipinski definition) is 2. The van der Waals surface area contributed by atoms with Gasteiger partial charge in [-0.3, -0.25) is 4.79 Å². The zero-order valence-corrected chi connectivity index (χ0v) is 12.0. The topological polar surface area (TPSA) is 89.3 Å². The summed E-state index contributed by atoms with van der Waals surface area (Å²) in [6.07, 6.45) is 3.06. The summed E-state index contributed by atoms with van der Waals surface area (Å²) in [5.41, 5.74) is 5.89. The van der Waals surface area contributed by atoms with E-state index in [0.717, 1.165) is 19.3 Å². The Morgan fingerprint density at radius 2 is 2.06 bits per heavy atom. The second-order valence-corrected chi connectivity index (χ2v) is 7.50. The number of nitrogens with one attached hydrogen (secondary N) is 1. The fourth-order valence-electron chi connectivity index (χ4n) is 2.37. The smallest absolute Gasteiger partial charge is 0.235 e. The molecular formula is C12H24N2O3S. The van der Waals surface area contributed by atoms with Crippen LogP contribution in [-0.2, 0) is 14.6 Å². The molecule has 1 rings (SSSR count). The van der Waals surface area contributed by atoms with Crippen LogP contribution in [0.1, 0.15) is 39.5 Å². The normalized spacial score (nSPS) is 28.9. The number of carbonyl (C=O) groups excluding carboxylic acids is 1. The summed E-state index contributed by atoms with van der Waals surface area (Å²) in [4.78, 5) is 11.5. The van der Waals surface area contributed by atoms with E-state index in [1.54, 1.807) is 0 Å². The van der Waals surface area contributed by atoms with E-state index in [4.69, 9.17) is 5.73 Å². The van der Waals surface area contributed by atoms with Crippen molar-refractivity contribution in [2.75, 3.05) is 12.3 Å². The van der Waals surface area contributed by atoms with Gasteiger partial charge >= 0.3 is 0 Å². The molecule has 3 unspecified atom stereocenters. The number of hydrogen-bond acceptors (Lipinski definition) is 4. The van der Waals surface area contributed by atoms with Crippen LogP contribution in [0.2, 0.25) is 0 Å². The molecule has 0 aromatic carbocycles. The summed E-state index contributed by atoms with van der Waals surface area (Å²) >= 11 is 0. The molecule has 1 amide bonds. The maximum atomic E-state index is 12.2. The van der Waals surface area contributed by atoms with Gasteiger partial charge in [-0.15, -0.1) is 0 Å². The predicted molar refractivity (Wildman–Crippen MR) is 71.9 cm³/mol. The SMILES string of the molecule is CCCNC(=O)CS(=O)(=O)C1CC(C)CCC1N. The number of sulfone groups is 1. The first-order chi connectivity index (χ1) is 8.36. The largest absolute Gasteiger partial charge is 0.355 e. The van der Waals surface area contributed by atoms with Crippen LogP contribution in [0.3, 0.4) is 0 Å². The van der Waals surface area contributed by atoms with Gasteiger partial charge in [0.1, 0.15) is 5.75 Å². The van der Waals surface area contributed by atoms with Crippen molar-refractivity contribution in [3.8, 4) is 0 Å². The molecule has 0 spiro atoms. The Labute approximate surface area is 109 Å². The third kappa shape index (κ3) is 4.24. The Morgan fingerprint density at radius 1 is 1.39 bits per heavy atom. The summed E-state index contributed by atoms with van der Waals surface area (Å²) in [5.74, 6) is -0.483. The van der Waals surface area contributed by atoms with Gasteiger partial charge in [0.2, 0.25) is 5.91 Å². The van der Waals surface area contributed by atoms with Crippen molar-refractivity contribution >= 4 is 15.7 Å². The molecule has 3 atom stereocenters. The summed E-state index contributed by atoms with van der Waals surface area (Å²) in [7, 11) is -3.43. The summed E-state index contributed by atoms with van der Waals surface area (Å²) in [6, 6.07) is -0.329. The average molecular weight is 276 g/mol. The molecule has 0 saturated heterocycles. The number of carbonyl (C=O) groups is 1. The van der Waals surface area contributed by atoms with Crippen molar-refractivity contribution in [2.45, 2.75) is 50.8 Å². The van der Waals surface area contributed by atoms with Crippen LogP contribution in [0.4, 0.5) is 0 Å². The highest BCUT2D eigenvalue weighted by atomic mass is 32.2. The molecule has 0 aliphatic heterocycles. The zero-order chi connectivity index (χ0) is 13.8. The van der Waals surface area contributed by atoms with Crippen molar-refractivity contribution in [2.24, 2.45) is 11.7 Å². The van der Waals surface area contributed by atoms with Crippen LogP contribution in [0.5, 0.6) is 0 Å². The van der Waals surface area contributed by atoms with E-state index in [0.29, 0.717) is 18.9 Å². The van der Waals surface area contributed by atoms with Gasteiger partial charge in [-0.25, -0.2) is 8.42 Å². The third-order valence-electron chi connectivity index (χ3n) is 3.47. The molecule has 0 heterocycles. The summed E-state index contributed by atoms with van der Waals surface area (Å²) in [5, 5.41) is 2.03. The first-order valence-corrected chi connectivity index (χ1v) is 8.32. The second kappa shape index (κ2) is 6.52. The van der Waals surface area contributed by atoms with Gasteiger partial charge in [-0.05, 0) is 31.6 Å². The quantitative estimate of drug-likeness (QED) is 0.762. The van der Waals surface area contributed by atoms with Crippen molar-refractivity contribution in [3.63, 3.8) is 0 Å². The Morgan fingerprint density at radius 3 is 2.67 bits per heavy atom. The Bertz CT molecular complexity index is 381. The minimum atomic E-state index is -3.43. The Kier molecular flexibility index (Phi) is 5.59. The molecule has 1 fully saturated rings. The van der Waals surface area contributed by atoms with Gasteiger partial charge < -0.3 is 11.1 Å². The molecule has 0 aromatic rings. The van der Waals surface area contributed by atoms with Crippen molar-refractivity contribution < 1.29 is 13.2 Å². The molecule has 3 N–H and O–H groups in total. The minimum absolute atomic E-state index is 0.329. The molecule has 0 aromatic heterocycles. The molecule has 1 aliphatic rings. The number of rotatable bonds is 5. The van der Waals surface area contributed by atoms with E-state index in [1.807, 2.05) is 13.8 Å². The van der Waals surface area contributed by atoms with E-state index in [2.05, 4.69) is 5.32 Å². The van der Waals surface area contributed by atoms with E-state index < -0.39 is 26.7 Å². The number of amides is 1. The second-order valence-electron chi connectivity index (χ2n) is 5.28. The van der Waals surface area contributed by atoms with Crippen LogP contribution >= 0.6 is 0 Å². The van der Waals surface area contributed by atoms with E-state index in [-0.39, 0.29) is 6.04 Å². The van der Waals surface area contributed by atoms with Gasteiger partial charge in [0.15, 0.2) is 9.84 Å². The lowest BCUT2D eigenvalue weighted by Crippen LogP contribution is -2.47. The molecule has 0 bridgehead atoms. The monoisotopic (exact) mass is 276 g/mol. The predicted octanol–water partition coefficient (Wildman–Crippen LogP) is 0.443. The van der Waals surface area contributed by atoms with Gasteiger partial charge in [0, 0.05) is 12.6 Å². The molecule has 106 valence electrons. The molecule has 1 aliphatic carbocycles. The van der Waals surface area contributed by atoms with E-state index in [1.165, 1.54) is 0 Å². The average Bonchev–Trinajstić information content (AvgIpc) is 2.29. The maximum Gasteiger partial charge on any atom is 0.235 e. The van der Waals surface area contributed by atoms with Gasteiger partial charge in [0.25, 0.3) is 0 Å². The molecule has 5 nitrogen and oxygen atoms in total. The highest BCUT2D eigenvalue weighted by molar-refractivity contribution is 7.92. The fraction of sp³-hybridized carbons (Fsp3) is 0.917. The standard InChI is InChI=1S/C12H24N2O3S/c1-3-6-14-12(15)8-18(16,17)11-7-9(2)4-5-10(11)13/h9-11H,3-8,13H2,1-2H3,(H,14,15). The molecule has 18 heavy (non-hydrogen) atoms. The summed E-state index contributed by atoms with van der Waals surface area (Å²) in [6.45, 7) is 4.47. The Balaban J connectivity index is 2.64. The van der Waals surface area contributed by atoms with Gasteiger partial charge in [-0.2, -0.15) is 0 Å². The van der Waals surface area contributed by atoms with Crippen LogP contribution in [-0.4, -0.2) is 37.9 Å². The molecular weight excluding hydrogens is 252 g/mol. The highest BCUT2D eigenvalue weighted by Gasteiger charge is 2.36. The first kappa shape index (κ1) is 15.4. The van der Waals surface area contributed by atoms with Gasteiger partial charge in [-0.1, -0.05) is 13.8 Å². The Hall–Kier alpha value is -0.620. The molecule has 0 radical (unpaired) electrons. The zero-order valence-electron chi connectivity index (χ0n) is 11.2. The lowest BCUT2D eigenvalue weighted by molar-refractivity contribution is -0.118. The molecule has 1 saturated carbocycles. The lowest BCUT2D eigenvalue weighted by atomic mass is 9.87. The van der Waals surface area contributed by atoms with Crippen LogP contribution in [0.25, 0.3) is 0 Å². The van der Waals surface area contributed by atoms with Crippen molar-refractivity contribution in [3.05, 3.63) is 0 Å². The van der Waals surface area contributed by atoms with Crippen LogP contribution in [0.15, 0.2) is 0 Å². The minimum Gasteiger partial charge on any atom is -0.355 e. The van der Waals surface area contributed by atoms with E-state index >= 15 is 0 Å². The maximum absolute atomic E-state index is 12.2. The van der Waals surface area contributed by atoms with Crippen molar-refractivity contribution in [1.82, 2.24) is 5.32 Å². The fourth-order valence-corrected chi connectivity index (χ4v) is 4.34. The number of nitrogens with two attached hydrogens (primary N) is 1. The van der Waals surface area contributed by atoms with Gasteiger partial charge in [0.05, 0.1) is 5.25 Å². The first-order valence-electron chi connectivity index (χ1n) is 6.60.